The van der Waals surface area contributed by atoms with Gasteiger partial charge in [0, 0.05) is 19.5 Å². The van der Waals surface area contributed by atoms with Crippen molar-refractivity contribution >= 4 is 23.0 Å². The third kappa shape index (κ3) is 5.93. The fourth-order valence-electron chi connectivity index (χ4n) is 4.71. The number of aromatic nitrogens is 4. The van der Waals surface area contributed by atoms with Gasteiger partial charge >= 0.3 is 6.16 Å². The van der Waals surface area contributed by atoms with Gasteiger partial charge in [-0.25, -0.2) is 14.8 Å². The molecule has 10 nitrogen and oxygen atoms in total. The summed E-state index contributed by atoms with van der Waals surface area (Å²) >= 11 is 0. The Labute approximate surface area is 204 Å². The molecular formula is C25H33N5O5. The van der Waals surface area contributed by atoms with E-state index in [2.05, 4.69) is 18.3 Å². The molecule has 0 atom stereocenters. The van der Waals surface area contributed by atoms with Crippen molar-refractivity contribution in [1.82, 2.24) is 19.7 Å². The van der Waals surface area contributed by atoms with Crippen molar-refractivity contribution in [3.05, 3.63) is 35.3 Å². The van der Waals surface area contributed by atoms with Gasteiger partial charge in [-0.15, -0.1) is 0 Å². The molecule has 0 amide bonds. The summed E-state index contributed by atoms with van der Waals surface area (Å²) in [7, 11) is 1.99. The highest BCUT2D eigenvalue weighted by Gasteiger charge is 2.23. The first-order chi connectivity index (χ1) is 17.0. The summed E-state index contributed by atoms with van der Waals surface area (Å²) in [6, 6.07) is 6.11. The first kappa shape index (κ1) is 24.6. The van der Waals surface area contributed by atoms with Crippen LogP contribution in [0.4, 0.5) is 10.6 Å². The van der Waals surface area contributed by atoms with Gasteiger partial charge in [0.05, 0.1) is 5.69 Å². The molecule has 2 aromatic heterocycles. The summed E-state index contributed by atoms with van der Waals surface area (Å²) in [6.45, 7) is 4.04. The molecule has 2 aliphatic rings. The number of nitrogens with zero attached hydrogens (tertiary/aromatic N) is 4. The molecule has 1 aromatic carbocycles. The minimum Gasteiger partial charge on any atom is -0.486 e. The lowest BCUT2D eigenvalue weighted by molar-refractivity contribution is 0.137. The van der Waals surface area contributed by atoms with Crippen LogP contribution >= 0.6 is 0 Å². The predicted octanol–water partition coefficient (Wildman–Crippen LogP) is 4.97. The van der Waals surface area contributed by atoms with Crippen LogP contribution < -0.4 is 14.8 Å². The zero-order valence-corrected chi connectivity index (χ0v) is 20.3. The zero-order valence-electron chi connectivity index (χ0n) is 20.3. The minimum atomic E-state index is -1.83. The van der Waals surface area contributed by atoms with Gasteiger partial charge in [0.15, 0.2) is 17.3 Å². The minimum absolute atomic E-state index is 0.447. The molecule has 0 unspecified atom stereocenters. The second-order valence-corrected chi connectivity index (χ2v) is 8.90. The van der Waals surface area contributed by atoms with E-state index in [4.69, 9.17) is 39.5 Å². The van der Waals surface area contributed by atoms with Crippen molar-refractivity contribution in [3.63, 3.8) is 0 Å². The summed E-state index contributed by atoms with van der Waals surface area (Å²) < 4.78 is 13.3. The smallest absolute Gasteiger partial charge is 0.486 e. The Morgan fingerprint density at radius 1 is 1.11 bits per heavy atom. The Morgan fingerprint density at radius 2 is 1.83 bits per heavy atom. The largest absolute Gasteiger partial charge is 0.503 e. The summed E-state index contributed by atoms with van der Waals surface area (Å²) in [5.74, 6) is 3.92. The monoisotopic (exact) mass is 483 g/mol. The molecule has 3 aromatic rings. The molecule has 1 saturated carbocycles. The quantitative estimate of drug-likeness (QED) is 0.444. The van der Waals surface area contributed by atoms with Gasteiger partial charge < -0.3 is 25.0 Å². The van der Waals surface area contributed by atoms with Gasteiger partial charge in [-0.05, 0) is 37.0 Å². The Balaban J connectivity index is 0.000000672. The molecular weight excluding hydrogens is 450 g/mol. The second-order valence-electron chi connectivity index (χ2n) is 8.90. The summed E-state index contributed by atoms with van der Waals surface area (Å²) in [5, 5.41) is 22.3. The van der Waals surface area contributed by atoms with Crippen molar-refractivity contribution in [2.75, 3.05) is 18.5 Å². The number of anilines is 1. The Hall–Kier alpha value is -3.56. The van der Waals surface area contributed by atoms with E-state index in [1.807, 2.05) is 23.9 Å². The van der Waals surface area contributed by atoms with Gasteiger partial charge in [-0.2, -0.15) is 5.10 Å². The molecule has 0 radical (unpaired) electrons. The Bertz CT molecular complexity index is 1170. The van der Waals surface area contributed by atoms with E-state index < -0.39 is 6.16 Å². The average Bonchev–Trinajstić information content (AvgIpc) is 3.18. The number of carboxylic acid groups (broad SMARTS) is 2. The van der Waals surface area contributed by atoms with Crippen LogP contribution in [0.1, 0.15) is 68.4 Å². The average molecular weight is 484 g/mol. The van der Waals surface area contributed by atoms with Gasteiger partial charge in [0.2, 0.25) is 0 Å². The fraction of sp³-hybridized carbons (Fsp3) is 0.520. The maximum Gasteiger partial charge on any atom is 0.503 e. The number of hydrogen-bond acceptors (Lipinski definition) is 7. The van der Waals surface area contributed by atoms with Crippen LogP contribution in [0.5, 0.6) is 11.5 Å². The topological polar surface area (TPSA) is 132 Å². The number of ether oxygens (including phenoxy) is 2. The standard InChI is InChI=1S/C24H31N5O2.CH2O3/c1-3-7-18-21-22(29(2)28-18)24(27-23(26-21)17-8-5-4-6-9-17)25-15-16-10-11-19-20(14-16)31-13-12-30-19;2-1(3)4/h10-11,14,17H,3-9,12-13,15H2,1-2H3,(H,25,26,27);(H2,2,3,4). The third-order valence-corrected chi connectivity index (χ3v) is 6.29. The second kappa shape index (κ2) is 11.2. The lowest BCUT2D eigenvalue weighted by atomic mass is 9.88. The van der Waals surface area contributed by atoms with Gasteiger partial charge in [-0.3, -0.25) is 4.68 Å². The van der Waals surface area contributed by atoms with E-state index in [9.17, 15) is 0 Å². The van der Waals surface area contributed by atoms with Crippen molar-refractivity contribution in [1.29, 1.82) is 0 Å². The van der Waals surface area contributed by atoms with E-state index in [1.54, 1.807) is 0 Å². The third-order valence-electron chi connectivity index (χ3n) is 6.29. The highest BCUT2D eigenvalue weighted by Crippen LogP contribution is 2.34. The molecule has 35 heavy (non-hydrogen) atoms. The number of carbonyl (C=O) groups is 1. The molecule has 188 valence electrons. The maximum absolute atomic E-state index is 8.56. The number of rotatable bonds is 6. The first-order valence-electron chi connectivity index (χ1n) is 12.2. The van der Waals surface area contributed by atoms with Crippen molar-refractivity contribution in [2.45, 2.75) is 64.3 Å². The number of nitrogens with one attached hydrogen (secondary N) is 1. The van der Waals surface area contributed by atoms with Gasteiger partial charge in [0.25, 0.3) is 0 Å². The summed E-state index contributed by atoms with van der Waals surface area (Å²) in [5.41, 5.74) is 4.19. The van der Waals surface area contributed by atoms with E-state index in [1.165, 1.54) is 32.1 Å². The van der Waals surface area contributed by atoms with Crippen LogP contribution in [-0.4, -0.2) is 49.3 Å². The Morgan fingerprint density at radius 3 is 2.54 bits per heavy atom. The number of fused-ring (bicyclic) bond motifs is 2. The molecule has 0 spiro atoms. The molecule has 1 fully saturated rings. The van der Waals surface area contributed by atoms with Crippen molar-refractivity contribution in [2.24, 2.45) is 7.05 Å². The molecule has 1 aliphatic carbocycles. The SMILES string of the molecule is CCCc1nn(C)c2c(NCc3ccc4c(c3)OCCO4)nc(C3CCCCC3)nc12.O=C(O)O. The van der Waals surface area contributed by atoms with E-state index in [0.717, 1.165) is 58.3 Å². The molecule has 3 heterocycles. The van der Waals surface area contributed by atoms with Crippen LogP contribution in [0.15, 0.2) is 18.2 Å². The van der Waals surface area contributed by atoms with Crippen molar-refractivity contribution in [3.8, 4) is 11.5 Å². The van der Waals surface area contributed by atoms with Crippen LogP contribution in [0.3, 0.4) is 0 Å². The summed E-state index contributed by atoms with van der Waals surface area (Å²) in [6.07, 6.45) is 6.35. The molecule has 10 heteroatoms. The lowest BCUT2D eigenvalue weighted by Gasteiger charge is -2.21. The van der Waals surface area contributed by atoms with Crippen LogP contribution in [0, 0.1) is 0 Å². The van der Waals surface area contributed by atoms with E-state index in [0.29, 0.717) is 25.7 Å². The Kier molecular flexibility index (Phi) is 7.89. The number of benzene rings is 1. The van der Waals surface area contributed by atoms with E-state index >= 15 is 0 Å². The molecule has 3 N–H and O–H groups in total. The summed E-state index contributed by atoms with van der Waals surface area (Å²) in [4.78, 5) is 18.6. The van der Waals surface area contributed by atoms with Crippen LogP contribution in [0.25, 0.3) is 11.0 Å². The molecule has 0 saturated heterocycles. The zero-order chi connectivity index (χ0) is 24.8. The molecule has 1 aliphatic heterocycles. The van der Waals surface area contributed by atoms with Gasteiger partial charge in [-0.1, -0.05) is 38.7 Å². The normalized spacial score (nSPS) is 15.4. The fourth-order valence-corrected chi connectivity index (χ4v) is 4.71. The first-order valence-corrected chi connectivity index (χ1v) is 12.2. The molecule has 5 rings (SSSR count). The predicted molar refractivity (Wildman–Crippen MR) is 132 cm³/mol. The number of aryl methyl sites for hydroxylation is 2. The van der Waals surface area contributed by atoms with Crippen LogP contribution in [0.2, 0.25) is 0 Å². The van der Waals surface area contributed by atoms with Crippen molar-refractivity contribution < 1.29 is 24.5 Å². The lowest BCUT2D eigenvalue weighted by Crippen LogP contribution is -2.16. The highest BCUT2D eigenvalue weighted by atomic mass is 16.6. The van der Waals surface area contributed by atoms with E-state index in [-0.39, 0.29) is 0 Å². The highest BCUT2D eigenvalue weighted by molar-refractivity contribution is 5.87. The molecule has 0 bridgehead atoms. The van der Waals surface area contributed by atoms with Crippen LogP contribution in [-0.2, 0) is 20.0 Å². The van der Waals surface area contributed by atoms with Gasteiger partial charge in [0.1, 0.15) is 30.1 Å². The maximum atomic E-state index is 8.56. The number of hydrogen-bond donors (Lipinski definition) is 3.